The van der Waals surface area contributed by atoms with E-state index in [4.69, 9.17) is 0 Å². The molecule has 1 aromatic rings. The highest BCUT2D eigenvalue weighted by Crippen LogP contribution is 2.19. The van der Waals surface area contributed by atoms with E-state index in [-0.39, 0.29) is 11.8 Å². The van der Waals surface area contributed by atoms with Gasteiger partial charge in [-0.3, -0.25) is 4.79 Å². The topological polar surface area (TPSA) is 66.5 Å². The van der Waals surface area contributed by atoms with Crippen molar-refractivity contribution in [2.24, 2.45) is 5.92 Å². The fourth-order valence-electron chi connectivity index (χ4n) is 2.99. The second kappa shape index (κ2) is 8.12. The Balaban J connectivity index is 1.74. The lowest BCUT2D eigenvalue weighted by atomic mass is 9.97. The zero-order valence-electron chi connectivity index (χ0n) is 14.8. The molecule has 1 amide bonds. The Kier molecular flexibility index (Phi) is 6.40. The van der Waals surface area contributed by atoms with Gasteiger partial charge in [0.25, 0.3) is 0 Å². The Hall–Kier alpha value is -1.40. The summed E-state index contributed by atoms with van der Waals surface area (Å²) >= 11 is 0. The van der Waals surface area contributed by atoms with E-state index in [0.29, 0.717) is 38.4 Å². The van der Waals surface area contributed by atoms with Crippen LogP contribution in [0.25, 0.3) is 0 Å². The summed E-state index contributed by atoms with van der Waals surface area (Å²) in [6.45, 7) is 5.84. The molecule has 1 heterocycles. The SMILES string of the molecule is CC(C)c1ccc(CCNC(=O)C2CCN(S(C)(=O)=O)CC2)cc1. The summed E-state index contributed by atoms with van der Waals surface area (Å²) < 4.78 is 24.4. The van der Waals surface area contributed by atoms with Gasteiger partial charge in [0.15, 0.2) is 0 Å². The summed E-state index contributed by atoms with van der Waals surface area (Å²) in [5.41, 5.74) is 2.53. The molecule has 1 aliphatic rings. The van der Waals surface area contributed by atoms with E-state index in [9.17, 15) is 13.2 Å². The predicted molar refractivity (Wildman–Crippen MR) is 96.4 cm³/mol. The van der Waals surface area contributed by atoms with Gasteiger partial charge < -0.3 is 5.32 Å². The normalized spacial score (nSPS) is 17.2. The lowest BCUT2D eigenvalue weighted by Crippen LogP contribution is -2.42. The zero-order chi connectivity index (χ0) is 17.7. The summed E-state index contributed by atoms with van der Waals surface area (Å²) in [5.74, 6) is 0.491. The average molecular weight is 353 g/mol. The van der Waals surface area contributed by atoms with Gasteiger partial charge >= 0.3 is 0 Å². The molecule has 0 bridgehead atoms. The van der Waals surface area contributed by atoms with Crippen molar-refractivity contribution in [3.63, 3.8) is 0 Å². The van der Waals surface area contributed by atoms with Crippen LogP contribution in [0.3, 0.4) is 0 Å². The summed E-state index contributed by atoms with van der Waals surface area (Å²) in [7, 11) is -3.14. The second-order valence-electron chi connectivity index (χ2n) is 6.87. The first kappa shape index (κ1) is 18.9. The molecule has 0 unspecified atom stereocenters. The number of nitrogens with one attached hydrogen (secondary N) is 1. The zero-order valence-corrected chi connectivity index (χ0v) is 15.6. The summed E-state index contributed by atoms with van der Waals surface area (Å²) in [6.07, 6.45) is 3.23. The molecule has 6 heteroatoms. The lowest BCUT2D eigenvalue weighted by Gasteiger charge is -2.29. The van der Waals surface area contributed by atoms with Crippen molar-refractivity contribution in [2.75, 3.05) is 25.9 Å². The molecular formula is C18H28N2O3S. The van der Waals surface area contributed by atoms with Crippen LogP contribution in [0.1, 0.15) is 43.7 Å². The van der Waals surface area contributed by atoms with Crippen LogP contribution in [0.15, 0.2) is 24.3 Å². The number of carbonyl (C=O) groups is 1. The molecule has 1 aliphatic heterocycles. The molecule has 0 atom stereocenters. The molecule has 1 N–H and O–H groups in total. The predicted octanol–water partition coefficient (Wildman–Crippen LogP) is 2.14. The van der Waals surface area contributed by atoms with Crippen LogP contribution >= 0.6 is 0 Å². The average Bonchev–Trinajstić information content (AvgIpc) is 2.54. The summed E-state index contributed by atoms with van der Waals surface area (Å²) in [6, 6.07) is 8.52. The standard InChI is InChI=1S/C18H28N2O3S/c1-14(2)16-6-4-15(5-7-16)8-11-19-18(21)17-9-12-20(13-10-17)24(3,22)23/h4-7,14,17H,8-13H2,1-3H3,(H,19,21). The van der Waals surface area contributed by atoms with Crippen molar-refractivity contribution in [3.05, 3.63) is 35.4 Å². The number of hydrogen-bond donors (Lipinski definition) is 1. The first-order chi connectivity index (χ1) is 11.3. The smallest absolute Gasteiger partial charge is 0.223 e. The highest BCUT2D eigenvalue weighted by Gasteiger charge is 2.28. The minimum absolute atomic E-state index is 0.0435. The van der Waals surface area contributed by atoms with Crippen LogP contribution in [-0.4, -0.2) is 44.5 Å². The first-order valence-corrected chi connectivity index (χ1v) is 10.4. The van der Waals surface area contributed by atoms with Crippen molar-refractivity contribution >= 4 is 15.9 Å². The largest absolute Gasteiger partial charge is 0.356 e. The van der Waals surface area contributed by atoms with Crippen LogP contribution in [0.5, 0.6) is 0 Å². The molecule has 5 nitrogen and oxygen atoms in total. The Morgan fingerprint density at radius 3 is 2.29 bits per heavy atom. The molecule has 0 saturated carbocycles. The Morgan fingerprint density at radius 1 is 1.21 bits per heavy atom. The Labute approximate surface area is 145 Å². The van der Waals surface area contributed by atoms with Crippen molar-refractivity contribution in [1.29, 1.82) is 0 Å². The van der Waals surface area contributed by atoms with E-state index in [1.807, 2.05) is 0 Å². The third kappa shape index (κ3) is 5.31. The van der Waals surface area contributed by atoms with E-state index < -0.39 is 10.0 Å². The van der Waals surface area contributed by atoms with Crippen LogP contribution in [0.4, 0.5) is 0 Å². The van der Waals surface area contributed by atoms with Gasteiger partial charge in [-0.05, 0) is 36.3 Å². The van der Waals surface area contributed by atoms with Crippen LogP contribution in [0.2, 0.25) is 0 Å². The molecule has 134 valence electrons. The van der Waals surface area contributed by atoms with E-state index >= 15 is 0 Å². The number of rotatable bonds is 6. The maximum Gasteiger partial charge on any atom is 0.223 e. The van der Waals surface area contributed by atoms with E-state index in [2.05, 4.69) is 43.4 Å². The maximum absolute atomic E-state index is 12.2. The third-order valence-corrected chi connectivity index (χ3v) is 5.96. The van der Waals surface area contributed by atoms with Gasteiger partial charge in [-0.25, -0.2) is 12.7 Å². The molecule has 0 aliphatic carbocycles. The van der Waals surface area contributed by atoms with Gasteiger partial charge in [0.1, 0.15) is 0 Å². The monoisotopic (exact) mass is 352 g/mol. The Bertz CT molecular complexity index is 645. The highest BCUT2D eigenvalue weighted by atomic mass is 32.2. The first-order valence-electron chi connectivity index (χ1n) is 8.59. The number of carbonyl (C=O) groups excluding carboxylic acids is 1. The van der Waals surface area contributed by atoms with Gasteiger partial charge in [-0.1, -0.05) is 38.1 Å². The van der Waals surface area contributed by atoms with Gasteiger partial charge in [0.2, 0.25) is 15.9 Å². The minimum atomic E-state index is -3.14. The lowest BCUT2D eigenvalue weighted by molar-refractivity contribution is -0.126. The van der Waals surface area contributed by atoms with Gasteiger partial charge in [0.05, 0.1) is 6.26 Å². The number of sulfonamides is 1. The molecule has 2 rings (SSSR count). The number of amides is 1. The highest BCUT2D eigenvalue weighted by molar-refractivity contribution is 7.88. The quantitative estimate of drug-likeness (QED) is 0.853. The second-order valence-corrected chi connectivity index (χ2v) is 8.86. The summed E-state index contributed by atoms with van der Waals surface area (Å²) in [5, 5.41) is 2.98. The number of piperidine rings is 1. The number of benzene rings is 1. The number of hydrogen-bond acceptors (Lipinski definition) is 3. The molecule has 0 aromatic heterocycles. The van der Waals surface area contributed by atoms with Crippen molar-refractivity contribution < 1.29 is 13.2 Å². The van der Waals surface area contributed by atoms with Gasteiger partial charge in [-0.15, -0.1) is 0 Å². The molecular weight excluding hydrogens is 324 g/mol. The fourth-order valence-corrected chi connectivity index (χ4v) is 3.87. The van der Waals surface area contributed by atoms with Crippen molar-refractivity contribution in [2.45, 2.75) is 39.0 Å². The van der Waals surface area contributed by atoms with Crippen LogP contribution in [0, 0.1) is 5.92 Å². The van der Waals surface area contributed by atoms with E-state index in [1.165, 1.54) is 21.7 Å². The molecule has 0 radical (unpaired) electrons. The van der Waals surface area contributed by atoms with Crippen LogP contribution < -0.4 is 5.32 Å². The van der Waals surface area contributed by atoms with Gasteiger partial charge in [0, 0.05) is 25.6 Å². The van der Waals surface area contributed by atoms with Crippen LogP contribution in [-0.2, 0) is 21.2 Å². The molecule has 1 saturated heterocycles. The van der Waals surface area contributed by atoms with Gasteiger partial charge in [-0.2, -0.15) is 0 Å². The molecule has 24 heavy (non-hydrogen) atoms. The summed E-state index contributed by atoms with van der Waals surface area (Å²) in [4.78, 5) is 12.2. The van der Waals surface area contributed by atoms with E-state index in [0.717, 1.165) is 6.42 Å². The molecule has 0 spiro atoms. The Morgan fingerprint density at radius 2 is 1.79 bits per heavy atom. The molecule has 1 aromatic carbocycles. The minimum Gasteiger partial charge on any atom is -0.356 e. The van der Waals surface area contributed by atoms with Crippen molar-refractivity contribution in [3.8, 4) is 0 Å². The maximum atomic E-state index is 12.2. The third-order valence-electron chi connectivity index (χ3n) is 4.65. The molecule has 1 fully saturated rings. The van der Waals surface area contributed by atoms with E-state index in [1.54, 1.807) is 0 Å². The number of nitrogens with zero attached hydrogens (tertiary/aromatic N) is 1. The van der Waals surface area contributed by atoms with Crippen molar-refractivity contribution in [1.82, 2.24) is 9.62 Å². The fraction of sp³-hybridized carbons (Fsp3) is 0.611.